The van der Waals surface area contributed by atoms with Crippen LogP contribution in [0.25, 0.3) is 16.3 Å². The summed E-state index contributed by atoms with van der Waals surface area (Å²) in [5.41, 5.74) is 2.63. The van der Waals surface area contributed by atoms with Crippen molar-refractivity contribution in [1.82, 2.24) is 25.8 Å². The van der Waals surface area contributed by atoms with Crippen molar-refractivity contribution in [3.05, 3.63) is 30.1 Å². The zero-order valence-corrected chi connectivity index (χ0v) is 18.9. The molecule has 1 aliphatic heterocycles. The fourth-order valence-electron chi connectivity index (χ4n) is 4.21. The van der Waals surface area contributed by atoms with E-state index < -0.39 is 0 Å². The molecule has 3 heterocycles. The molecular weight excluding hydrogens is 382 g/mol. The van der Waals surface area contributed by atoms with E-state index in [0.29, 0.717) is 6.04 Å². The minimum atomic E-state index is 0.0824. The Kier molecular flexibility index (Phi) is 6.05. The quantitative estimate of drug-likeness (QED) is 0.628. The predicted octanol–water partition coefficient (Wildman–Crippen LogP) is 3.56. The van der Waals surface area contributed by atoms with E-state index >= 15 is 0 Å². The molecule has 0 aliphatic carbocycles. The van der Waals surface area contributed by atoms with Crippen molar-refractivity contribution in [3.63, 3.8) is 0 Å². The molecule has 8 heteroatoms. The molecule has 0 unspecified atom stereocenters. The fraction of sp³-hybridized carbons (Fsp3) is 0.524. The van der Waals surface area contributed by atoms with Gasteiger partial charge in [-0.3, -0.25) is 4.98 Å². The van der Waals surface area contributed by atoms with Gasteiger partial charge < -0.3 is 20.9 Å². The second-order valence-electron chi connectivity index (χ2n) is 8.92. The molecule has 2 aromatic rings. The molecule has 7 nitrogen and oxygen atoms in total. The number of allylic oxidation sites excluding steroid dienone is 1. The number of hydrogen-bond donors (Lipinski definition) is 3. The van der Waals surface area contributed by atoms with Crippen LogP contribution in [0.1, 0.15) is 46.1 Å². The van der Waals surface area contributed by atoms with Crippen LogP contribution in [-0.4, -0.2) is 52.6 Å². The van der Waals surface area contributed by atoms with Crippen LogP contribution in [0.3, 0.4) is 0 Å². The first-order valence-electron chi connectivity index (χ1n) is 9.84. The highest BCUT2D eigenvalue weighted by Gasteiger charge is 2.39. The molecule has 1 fully saturated rings. The molecule has 0 aromatic carbocycles. The highest BCUT2D eigenvalue weighted by atomic mass is 32.1. The van der Waals surface area contributed by atoms with Crippen molar-refractivity contribution in [1.29, 1.82) is 5.41 Å². The number of aromatic nitrogens is 3. The number of pyridine rings is 1. The molecular formula is C21H31N7S. The third kappa shape index (κ3) is 5.00. The van der Waals surface area contributed by atoms with Gasteiger partial charge in [-0.25, -0.2) is 0 Å². The van der Waals surface area contributed by atoms with Crippen LogP contribution < -0.4 is 15.5 Å². The van der Waals surface area contributed by atoms with Gasteiger partial charge in [-0.15, -0.1) is 10.2 Å². The second kappa shape index (κ2) is 8.20. The Balaban J connectivity index is 1.78. The summed E-state index contributed by atoms with van der Waals surface area (Å²) in [4.78, 5) is 6.81. The summed E-state index contributed by atoms with van der Waals surface area (Å²) >= 11 is 1.57. The summed E-state index contributed by atoms with van der Waals surface area (Å²) in [5, 5.41) is 24.8. The third-order valence-electron chi connectivity index (χ3n) is 5.20. The lowest BCUT2D eigenvalue weighted by Crippen LogP contribution is -2.61. The van der Waals surface area contributed by atoms with Crippen LogP contribution in [0.15, 0.2) is 24.5 Å². The highest BCUT2D eigenvalue weighted by molar-refractivity contribution is 7.18. The van der Waals surface area contributed by atoms with Gasteiger partial charge in [0.05, 0.1) is 0 Å². The van der Waals surface area contributed by atoms with Crippen molar-refractivity contribution >= 4 is 28.3 Å². The van der Waals surface area contributed by atoms with Crippen molar-refractivity contribution in [2.45, 2.75) is 57.7 Å². The molecule has 29 heavy (non-hydrogen) atoms. The molecule has 0 radical (unpaired) electrons. The van der Waals surface area contributed by atoms with Crippen LogP contribution in [0.5, 0.6) is 0 Å². The van der Waals surface area contributed by atoms with E-state index in [9.17, 15) is 0 Å². The van der Waals surface area contributed by atoms with E-state index in [1.807, 2.05) is 19.2 Å². The average molecular weight is 414 g/mol. The Morgan fingerprint density at radius 1 is 1.24 bits per heavy atom. The van der Waals surface area contributed by atoms with Crippen molar-refractivity contribution < 1.29 is 0 Å². The first-order valence-corrected chi connectivity index (χ1v) is 10.7. The molecule has 156 valence electrons. The third-order valence-corrected chi connectivity index (χ3v) is 6.24. The summed E-state index contributed by atoms with van der Waals surface area (Å²) in [6, 6.07) is 4.29. The number of piperidine rings is 1. The maximum absolute atomic E-state index is 7.53. The second-order valence-corrected chi connectivity index (χ2v) is 9.88. The number of rotatable bonds is 6. The fourth-order valence-corrected chi connectivity index (χ4v) is 5.07. The van der Waals surface area contributed by atoms with Gasteiger partial charge in [0.25, 0.3) is 0 Å². The summed E-state index contributed by atoms with van der Waals surface area (Å²) < 4.78 is 0. The van der Waals surface area contributed by atoms with Gasteiger partial charge in [0.15, 0.2) is 5.01 Å². The van der Waals surface area contributed by atoms with Crippen LogP contribution >= 0.6 is 11.3 Å². The number of nitrogens with zero attached hydrogens (tertiary/aromatic N) is 4. The zero-order valence-electron chi connectivity index (χ0n) is 18.1. The molecule has 0 spiro atoms. The number of hydrogen-bond acceptors (Lipinski definition) is 8. The standard InChI is InChI=1S/C21H31N7S/c1-20(2)9-16(10-21(3,4)27-20)28(6)19-26-25-18(29-19)17-8-7-14(13-24-17)15(11-22)12-23-5/h7-8,11-13,16,22-23,27H,9-10H2,1-6H3/b15-12+,22-11?. The lowest BCUT2D eigenvalue weighted by Gasteiger charge is -2.48. The van der Waals surface area contributed by atoms with E-state index in [-0.39, 0.29) is 11.1 Å². The zero-order chi connectivity index (χ0) is 21.2. The summed E-state index contributed by atoms with van der Waals surface area (Å²) in [6.07, 6.45) is 6.97. The van der Waals surface area contributed by atoms with E-state index in [1.165, 1.54) is 6.21 Å². The predicted molar refractivity (Wildman–Crippen MR) is 122 cm³/mol. The van der Waals surface area contributed by atoms with E-state index in [0.717, 1.165) is 39.8 Å². The Bertz CT molecular complexity index is 867. The van der Waals surface area contributed by atoms with E-state index in [4.69, 9.17) is 5.41 Å². The molecule has 3 rings (SSSR count). The number of anilines is 1. The van der Waals surface area contributed by atoms with Crippen molar-refractivity contribution in [3.8, 4) is 10.7 Å². The summed E-state index contributed by atoms with van der Waals surface area (Å²) in [5.74, 6) is 0. The van der Waals surface area contributed by atoms with Gasteiger partial charge in [0, 0.05) is 61.0 Å². The number of nitrogens with one attached hydrogen (secondary N) is 3. The normalized spacial score (nSPS) is 19.0. The SMILES string of the molecule is CN/C=C(\C=N)c1ccc(-c2nnc(N(C)C3CC(C)(C)NC(C)(C)C3)s2)nc1. The van der Waals surface area contributed by atoms with Gasteiger partial charge in [-0.1, -0.05) is 17.4 Å². The Hall–Kier alpha value is -2.32. The molecule has 1 saturated heterocycles. The first kappa shape index (κ1) is 21.4. The smallest absolute Gasteiger partial charge is 0.208 e. The van der Waals surface area contributed by atoms with Crippen LogP contribution in [0.4, 0.5) is 5.13 Å². The largest absolute Gasteiger partial charge is 0.393 e. The molecule has 0 atom stereocenters. The monoisotopic (exact) mass is 413 g/mol. The molecule has 1 aliphatic rings. The van der Waals surface area contributed by atoms with E-state index in [1.54, 1.807) is 23.7 Å². The summed E-state index contributed by atoms with van der Waals surface area (Å²) in [7, 11) is 3.93. The average Bonchev–Trinajstić information content (AvgIpc) is 3.13. The maximum Gasteiger partial charge on any atom is 0.208 e. The minimum Gasteiger partial charge on any atom is -0.393 e. The van der Waals surface area contributed by atoms with Crippen molar-refractivity contribution in [2.24, 2.45) is 0 Å². The van der Waals surface area contributed by atoms with Crippen LogP contribution in [-0.2, 0) is 0 Å². The van der Waals surface area contributed by atoms with Gasteiger partial charge in [0.2, 0.25) is 5.13 Å². The summed E-state index contributed by atoms with van der Waals surface area (Å²) in [6.45, 7) is 9.04. The Morgan fingerprint density at radius 2 is 1.93 bits per heavy atom. The lowest BCUT2D eigenvalue weighted by molar-refractivity contribution is 0.161. The molecule has 0 saturated carbocycles. The maximum atomic E-state index is 7.53. The molecule has 0 amide bonds. The van der Waals surface area contributed by atoms with Crippen LogP contribution in [0, 0.1) is 5.41 Å². The van der Waals surface area contributed by atoms with Crippen molar-refractivity contribution in [2.75, 3.05) is 19.0 Å². The van der Waals surface area contributed by atoms with Gasteiger partial charge in [0.1, 0.15) is 5.69 Å². The van der Waals surface area contributed by atoms with Gasteiger partial charge in [-0.2, -0.15) is 0 Å². The topological polar surface area (TPSA) is 89.8 Å². The highest BCUT2D eigenvalue weighted by Crippen LogP contribution is 2.35. The molecule has 2 aromatic heterocycles. The first-order chi connectivity index (χ1) is 13.6. The van der Waals surface area contributed by atoms with Gasteiger partial charge in [-0.05, 0) is 46.6 Å². The Labute approximate surface area is 177 Å². The van der Waals surface area contributed by atoms with Gasteiger partial charge >= 0.3 is 0 Å². The van der Waals surface area contributed by atoms with Crippen LogP contribution in [0.2, 0.25) is 0 Å². The molecule has 0 bridgehead atoms. The lowest BCUT2D eigenvalue weighted by atomic mass is 9.79. The van der Waals surface area contributed by atoms with E-state index in [2.05, 4.69) is 65.5 Å². The molecule has 3 N–H and O–H groups in total. The Morgan fingerprint density at radius 3 is 2.48 bits per heavy atom. The minimum absolute atomic E-state index is 0.0824.